The van der Waals surface area contributed by atoms with Crippen molar-refractivity contribution in [3.05, 3.63) is 47.3 Å². The van der Waals surface area contributed by atoms with E-state index >= 15 is 0 Å². The van der Waals surface area contributed by atoms with E-state index in [-0.39, 0.29) is 4.21 Å². The van der Waals surface area contributed by atoms with Crippen molar-refractivity contribution in [2.24, 2.45) is 10.1 Å². The van der Waals surface area contributed by atoms with E-state index in [2.05, 4.69) is 27.8 Å². The average Bonchev–Trinajstić information content (AvgIpc) is 3.07. The molecule has 0 unspecified atom stereocenters. The number of sulfonamides is 1. The van der Waals surface area contributed by atoms with Gasteiger partial charge in [0.2, 0.25) is 10.0 Å². The molecule has 0 aliphatic carbocycles. The van der Waals surface area contributed by atoms with Crippen molar-refractivity contribution in [1.29, 1.82) is 0 Å². The molecule has 0 bridgehead atoms. The molecule has 1 aromatic carbocycles. The molecule has 2 aromatic rings. The Labute approximate surface area is 157 Å². The van der Waals surface area contributed by atoms with Crippen LogP contribution in [0.1, 0.15) is 11.8 Å². The van der Waals surface area contributed by atoms with Gasteiger partial charge in [-0.25, -0.2) is 18.5 Å². The van der Waals surface area contributed by atoms with Gasteiger partial charge in [0.15, 0.2) is 5.96 Å². The number of primary sulfonamides is 1. The third-order valence-corrected chi connectivity index (χ3v) is 6.58. The number of hydrogen-bond donors (Lipinski definition) is 3. The predicted octanol–water partition coefficient (Wildman–Crippen LogP) is 2.24. The number of guanidine groups is 1. The Bertz CT molecular complexity index is 789. The second-order valence-corrected chi connectivity index (χ2v) is 9.17. The van der Waals surface area contributed by atoms with Gasteiger partial charge in [-0.05, 0) is 31.2 Å². The number of nitrogens with one attached hydrogen (secondary N) is 2. The molecule has 0 amide bonds. The minimum Gasteiger partial charge on any atom is -0.357 e. The largest absolute Gasteiger partial charge is 0.357 e. The normalized spacial score (nSPS) is 12.2. The molecule has 0 spiro atoms. The van der Waals surface area contributed by atoms with E-state index in [1.165, 1.54) is 11.0 Å². The second-order valence-electron chi connectivity index (χ2n) is 5.05. The third kappa shape index (κ3) is 7.07. The summed E-state index contributed by atoms with van der Waals surface area (Å²) in [7, 11) is -3.64. The number of nitrogens with two attached hydrogens (primary N) is 1. The molecular weight excluding hydrogens is 376 g/mol. The number of aliphatic imine (C=N–C) groups is 1. The molecule has 0 radical (unpaired) electrons. The zero-order valence-electron chi connectivity index (χ0n) is 13.9. The summed E-state index contributed by atoms with van der Waals surface area (Å²) in [6.07, 6.45) is 0. The van der Waals surface area contributed by atoms with Crippen molar-refractivity contribution in [1.82, 2.24) is 10.6 Å². The topological polar surface area (TPSA) is 96.6 Å². The van der Waals surface area contributed by atoms with E-state index in [9.17, 15) is 8.42 Å². The monoisotopic (exact) mass is 398 g/mol. The smallest absolute Gasteiger partial charge is 0.247 e. The van der Waals surface area contributed by atoms with Crippen LogP contribution >= 0.6 is 23.1 Å². The number of nitrogens with zero attached hydrogens (tertiary/aromatic N) is 1. The summed E-state index contributed by atoms with van der Waals surface area (Å²) in [4.78, 5) is 6.57. The van der Waals surface area contributed by atoms with Crippen LogP contribution in [0.5, 0.6) is 0 Å². The third-order valence-electron chi connectivity index (χ3n) is 3.06. The fraction of sp³-hybridized carbons (Fsp3) is 0.312. The molecule has 0 saturated heterocycles. The summed E-state index contributed by atoms with van der Waals surface area (Å²) < 4.78 is 22.8. The Morgan fingerprint density at radius 1 is 1.20 bits per heavy atom. The van der Waals surface area contributed by atoms with Crippen LogP contribution in [-0.4, -0.2) is 33.2 Å². The molecule has 4 N–H and O–H groups in total. The summed E-state index contributed by atoms with van der Waals surface area (Å²) in [5, 5.41) is 11.6. The maximum atomic E-state index is 11.3. The van der Waals surface area contributed by atoms with Gasteiger partial charge in [0.05, 0.1) is 6.54 Å². The fourth-order valence-electron chi connectivity index (χ4n) is 1.95. The van der Waals surface area contributed by atoms with E-state index < -0.39 is 10.0 Å². The number of thioether (sulfide) groups is 1. The Hall–Kier alpha value is -1.55. The number of hydrogen-bond acceptors (Lipinski definition) is 5. The SMILES string of the molecule is CCNC(=NCc1ccc(S(N)(=O)=O)s1)NCCSc1ccccc1. The van der Waals surface area contributed by atoms with Crippen LogP contribution in [0.25, 0.3) is 0 Å². The average molecular weight is 399 g/mol. The number of rotatable bonds is 8. The minimum absolute atomic E-state index is 0.162. The van der Waals surface area contributed by atoms with Crippen LogP contribution in [-0.2, 0) is 16.6 Å². The molecule has 25 heavy (non-hydrogen) atoms. The van der Waals surface area contributed by atoms with Gasteiger partial charge in [0.1, 0.15) is 4.21 Å². The maximum Gasteiger partial charge on any atom is 0.247 e. The van der Waals surface area contributed by atoms with E-state index in [0.29, 0.717) is 12.5 Å². The van der Waals surface area contributed by atoms with Crippen LogP contribution < -0.4 is 15.8 Å². The first-order valence-electron chi connectivity index (χ1n) is 7.80. The van der Waals surface area contributed by atoms with Crippen molar-refractivity contribution in [3.63, 3.8) is 0 Å². The molecule has 1 aromatic heterocycles. The maximum absolute atomic E-state index is 11.3. The molecule has 0 aliphatic heterocycles. The highest BCUT2D eigenvalue weighted by Crippen LogP contribution is 2.20. The molecular formula is C16H22N4O2S3. The Balaban J connectivity index is 1.84. The predicted molar refractivity (Wildman–Crippen MR) is 106 cm³/mol. The lowest BCUT2D eigenvalue weighted by molar-refractivity contribution is 0.600. The summed E-state index contributed by atoms with van der Waals surface area (Å²) in [5.74, 6) is 1.63. The lowest BCUT2D eigenvalue weighted by atomic mass is 10.4. The molecule has 0 fully saturated rings. The molecule has 0 saturated carbocycles. The number of thiophene rings is 1. The van der Waals surface area contributed by atoms with Crippen LogP contribution in [0.15, 0.2) is 56.6 Å². The molecule has 136 valence electrons. The fourth-order valence-corrected chi connectivity index (χ4v) is 4.44. The second kappa shape index (κ2) is 9.81. The Kier molecular flexibility index (Phi) is 7.76. The molecule has 1 heterocycles. The molecule has 2 rings (SSSR count). The summed E-state index contributed by atoms with van der Waals surface area (Å²) in [5.41, 5.74) is 0. The van der Waals surface area contributed by atoms with E-state index in [0.717, 1.165) is 35.1 Å². The van der Waals surface area contributed by atoms with Gasteiger partial charge in [0.25, 0.3) is 0 Å². The van der Waals surface area contributed by atoms with E-state index in [4.69, 9.17) is 5.14 Å². The van der Waals surface area contributed by atoms with E-state index in [1.54, 1.807) is 17.8 Å². The van der Waals surface area contributed by atoms with Crippen molar-refractivity contribution in [2.75, 3.05) is 18.8 Å². The standard InChI is InChI=1S/C16H22N4O2S3/c1-2-18-16(19-10-11-23-13-6-4-3-5-7-13)20-12-14-8-9-15(24-14)25(17,21)22/h3-9H,2,10-12H2,1H3,(H2,17,21,22)(H2,18,19,20). The highest BCUT2D eigenvalue weighted by molar-refractivity contribution is 7.99. The van der Waals surface area contributed by atoms with Gasteiger partial charge in [0, 0.05) is 28.6 Å². The van der Waals surface area contributed by atoms with Gasteiger partial charge >= 0.3 is 0 Å². The summed E-state index contributed by atoms with van der Waals surface area (Å²) in [6, 6.07) is 13.5. The highest BCUT2D eigenvalue weighted by atomic mass is 32.2. The van der Waals surface area contributed by atoms with Gasteiger partial charge in [-0.3, -0.25) is 0 Å². The quantitative estimate of drug-likeness (QED) is 0.274. The number of benzene rings is 1. The first-order valence-corrected chi connectivity index (χ1v) is 11.2. The van der Waals surface area contributed by atoms with Crippen LogP contribution in [0.3, 0.4) is 0 Å². The van der Waals surface area contributed by atoms with Gasteiger partial charge < -0.3 is 10.6 Å². The van der Waals surface area contributed by atoms with Crippen molar-refractivity contribution >= 4 is 39.1 Å². The molecule has 0 atom stereocenters. The van der Waals surface area contributed by atoms with Gasteiger partial charge in [-0.1, -0.05) is 18.2 Å². The van der Waals surface area contributed by atoms with Gasteiger partial charge in [-0.2, -0.15) is 0 Å². The van der Waals surface area contributed by atoms with Gasteiger partial charge in [-0.15, -0.1) is 23.1 Å². The summed E-state index contributed by atoms with van der Waals surface area (Å²) in [6.45, 7) is 3.93. The first-order chi connectivity index (χ1) is 12.0. The van der Waals surface area contributed by atoms with Crippen molar-refractivity contribution in [3.8, 4) is 0 Å². The van der Waals surface area contributed by atoms with Crippen LogP contribution in [0.4, 0.5) is 0 Å². The first kappa shape index (κ1) is 19.8. The molecule has 9 heteroatoms. The summed E-state index contributed by atoms with van der Waals surface area (Å²) >= 11 is 2.92. The lowest BCUT2D eigenvalue weighted by Gasteiger charge is -2.10. The van der Waals surface area contributed by atoms with E-state index in [1.807, 2.05) is 25.1 Å². The van der Waals surface area contributed by atoms with Crippen LogP contribution in [0.2, 0.25) is 0 Å². The van der Waals surface area contributed by atoms with Crippen LogP contribution in [0, 0.1) is 0 Å². The van der Waals surface area contributed by atoms with Crippen molar-refractivity contribution < 1.29 is 8.42 Å². The Morgan fingerprint density at radius 3 is 2.60 bits per heavy atom. The molecule has 0 aliphatic rings. The molecule has 6 nitrogen and oxygen atoms in total. The minimum atomic E-state index is -3.64. The Morgan fingerprint density at radius 2 is 1.96 bits per heavy atom. The van der Waals surface area contributed by atoms with Crippen molar-refractivity contribution in [2.45, 2.75) is 22.6 Å². The zero-order valence-corrected chi connectivity index (χ0v) is 16.4. The lowest BCUT2D eigenvalue weighted by Crippen LogP contribution is -2.38. The zero-order chi connectivity index (χ0) is 18.1. The highest BCUT2D eigenvalue weighted by Gasteiger charge is 2.10.